The molecule has 0 unspecified atom stereocenters. The van der Waals surface area contributed by atoms with Crippen molar-refractivity contribution in [2.75, 3.05) is 13.2 Å². The van der Waals surface area contributed by atoms with E-state index in [1.54, 1.807) is 0 Å². The lowest BCUT2D eigenvalue weighted by atomic mass is 10.2. The van der Waals surface area contributed by atoms with Gasteiger partial charge in [-0.1, -0.05) is 60.7 Å². The van der Waals surface area contributed by atoms with E-state index >= 15 is 0 Å². The molecule has 0 aliphatic heterocycles. The van der Waals surface area contributed by atoms with E-state index in [1.165, 1.54) is 0 Å². The number of nitriles is 2. The van der Waals surface area contributed by atoms with Crippen LogP contribution in [0.2, 0.25) is 19.6 Å². The zero-order valence-electron chi connectivity index (χ0n) is 19.2. The Kier molecular flexibility index (Phi) is 13.9. The molecule has 0 saturated heterocycles. The number of aliphatic hydroxyl groups excluding tert-OH is 1. The van der Waals surface area contributed by atoms with Gasteiger partial charge in [-0.15, -0.1) is 0 Å². The predicted molar refractivity (Wildman–Crippen MR) is 127 cm³/mol. The van der Waals surface area contributed by atoms with E-state index < -0.39 is 14.4 Å². The molecule has 0 heterocycles. The number of rotatable bonds is 12. The number of ether oxygens (including phenoxy) is 2. The molecule has 0 bridgehead atoms. The third-order valence-electron chi connectivity index (χ3n) is 4.00. The second-order valence-corrected chi connectivity index (χ2v) is 12.7. The SMILES string of the molecule is C[Si](C)(C)O[C@@H](CC#N)COCc1ccccc1.N#CC[C@H](O)COCc1ccccc1. The van der Waals surface area contributed by atoms with Crippen LogP contribution in [0.4, 0.5) is 0 Å². The minimum Gasteiger partial charge on any atom is -0.411 e. The number of aliphatic hydroxyl groups is 1. The van der Waals surface area contributed by atoms with Gasteiger partial charge in [-0.2, -0.15) is 10.5 Å². The summed E-state index contributed by atoms with van der Waals surface area (Å²) in [5, 5.41) is 26.2. The van der Waals surface area contributed by atoms with E-state index in [0.717, 1.165) is 11.1 Å². The van der Waals surface area contributed by atoms with Crippen molar-refractivity contribution in [3.8, 4) is 12.1 Å². The van der Waals surface area contributed by atoms with Crippen molar-refractivity contribution in [2.45, 2.75) is 57.9 Å². The van der Waals surface area contributed by atoms with Gasteiger partial charge < -0.3 is 19.0 Å². The first kappa shape index (κ1) is 27.5. The maximum Gasteiger partial charge on any atom is 0.184 e. The minimum atomic E-state index is -1.62. The zero-order valence-corrected chi connectivity index (χ0v) is 20.2. The molecule has 7 heteroatoms. The third kappa shape index (κ3) is 14.5. The maximum absolute atomic E-state index is 9.18. The van der Waals surface area contributed by atoms with Crippen LogP contribution in [0.15, 0.2) is 60.7 Å². The van der Waals surface area contributed by atoms with E-state index in [9.17, 15) is 5.11 Å². The lowest BCUT2D eigenvalue weighted by Crippen LogP contribution is -2.34. The molecule has 0 aromatic heterocycles. The summed E-state index contributed by atoms with van der Waals surface area (Å²) in [5.41, 5.74) is 2.21. The highest BCUT2D eigenvalue weighted by Crippen LogP contribution is 2.11. The Balaban J connectivity index is 0.000000330. The summed E-state index contributed by atoms with van der Waals surface area (Å²) in [4.78, 5) is 0. The summed E-state index contributed by atoms with van der Waals surface area (Å²) in [7, 11) is -1.62. The van der Waals surface area contributed by atoms with Gasteiger partial charge >= 0.3 is 0 Å². The maximum atomic E-state index is 9.18. The van der Waals surface area contributed by atoms with Crippen LogP contribution >= 0.6 is 0 Å². The Morgan fingerprint density at radius 3 is 1.69 bits per heavy atom. The highest BCUT2D eigenvalue weighted by atomic mass is 28.4. The first-order valence-electron chi connectivity index (χ1n) is 10.7. The summed E-state index contributed by atoms with van der Waals surface area (Å²) in [6.07, 6.45) is -0.275. The van der Waals surface area contributed by atoms with Crippen LogP contribution in [-0.2, 0) is 27.1 Å². The molecular weight excluding hydrogens is 420 g/mol. The van der Waals surface area contributed by atoms with Crippen molar-refractivity contribution < 1.29 is 19.0 Å². The molecule has 172 valence electrons. The van der Waals surface area contributed by atoms with Crippen molar-refractivity contribution in [3.63, 3.8) is 0 Å². The van der Waals surface area contributed by atoms with Gasteiger partial charge in [0.1, 0.15) is 0 Å². The molecule has 0 saturated carbocycles. The molecule has 6 nitrogen and oxygen atoms in total. The molecule has 2 aromatic carbocycles. The highest BCUT2D eigenvalue weighted by molar-refractivity contribution is 6.69. The first-order valence-corrected chi connectivity index (χ1v) is 14.1. The van der Waals surface area contributed by atoms with E-state index in [-0.39, 0.29) is 19.1 Å². The molecule has 0 aliphatic carbocycles. The molecule has 0 fully saturated rings. The summed E-state index contributed by atoms with van der Waals surface area (Å²) < 4.78 is 16.8. The lowest BCUT2D eigenvalue weighted by molar-refractivity contribution is 0.0309. The summed E-state index contributed by atoms with van der Waals surface area (Å²) in [6.45, 7) is 8.09. The molecule has 0 amide bonds. The van der Waals surface area contributed by atoms with Crippen LogP contribution in [0.3, 0.4) is 0 Å². The number of hydrogen-bond acceptors (Lipinski definition) is 6. The topological polar surface area (TPSA) is 95.5 Å². The zero-order chi connectivity index (χ0) is 23.7. The summed E-state index contributed by atoms with van der Waals surface area (Å²) in [6, 6.07) is 23.8. The number of hydrogen-bond donors (Lipinski definition) is 1. The largest absolute Gasteiger partial charge is 0.411 e. The summed E-state index contributed by atoms with van der Waals surface area (Å²) >= 11 is 0. The second kappa shape index (κ2) is 16.2. The van der Waals surface area contributed by atoms with Gasteiger partial charge in [-0.05, 0) is 30.8 Å². The normalized spacial score (nSPS) is 12.6. The van der Waals surface area contributed by atoms with E-state index in [1.807, 2.05) is 66.7 Å². The molecule has 0 spiro atoms. The lowest BCUT2D eigenvalue weighted by Gasteiger charge is -2.24. The van der Waals surface area contributed by atoms with Crippen molar-refractivity contribution >= 4 is 8.32 Å². The predicted octanol–water partition coefficient (Wildman–Crippen LogP) is 4.81. The van der Waals surface area contributed by atoms with Gasteiger partial charge in [0.05, 0.1) is 63.6 Å². The molecular formula is C25H34N2O4Si. The van der Waals surface area contributed by atoms with Crippen molar-refractivity contribution in [2.24, 2.45) is 0 Å². The third-order valence-corrected chi connectivity index (χ3v) is 5.04. The van der Waals surface area contributed by atoms with Crippen molar-refractivity contribution in [1.82, 2.24) is 0 Å². The van der Waals surface area contributed by atoms with Crippen LogP contribution in [0.5, 0.6) is 0 Å². The monoisotopic (exact) mass is 454 g/mol. The van der Waals surface area contributed by atoms with Gasteiger partial charge in [-0.25, -0.2) is 0 Å². The highest BCUT2D eigenvalue weighted by Gasteiger charge is 2.21. The van der Waals surface area contributed by atoms with Crippen LogP contribution in [0.25, 0.3) is 0 Å². The fourth-order valence-corrected chi connectivity index (χ4v) is 3.82. The molecule has 2 rings (SSSR count). The molecule has 2 aromatic rings. The van der Waals surface area contributed by atoms with Crippen molar-refractivity contribution in [3.05, 3.63) is 71.8 Å². The van der Waals surface area contributed by atoms with Crippen LogP contribution in [0, 0.1) is 22.7 Å². The van der Waals surface area contributed by atoms with Crippen LogP contribution < -0.4 is 0 Å². The second-order valence-electron chi connectivity index (χ2n) is 8.23. The Morgan fingerprint density at radius 2 is 1.25 bits per heavy atom. The Bertz CT molecular complexity index is 814. The van der Waals surface area contributed by atoms with Gasteiger partial charge in [0.2, 0.25) is 0 Å². The van der Waals surface area contributed by atoms with E-state index in [2.05, 4.69) is 25.7 Å². The standard InChI is InChI=1S/C14H21NO2Si.C11H13NO2/c1-18(2,3)17-14(9-10-15)12-16-11-13-7-5-4-6-8-13;12-7-6-11(13)9-14-8-10-4-2-1-3-5-10/h4-8,14H,9,11-12H2,1-3H3;1-5,11,13H,6,8-9H2/t14-;11-/m00/s1. The first-order chi connectivity index (χ1) is 15.3. The van der Waals surface area contributed by atoms with E-state index in [0.29, 0.717) is 26.2 Å². The molecule has 2 atom stereocenters. The fourth-order valence-electron chi connectivity index (χ4n) is 2.67. The van der Waals surface area contributed by atoms with Gasteiger partial charge in [0.15, 0.2) is 8.32 Å². The average molecular weight is 455 g/mol. The van der Waals surface area contributed by atoms with Gasteiger partial charge in [0.25, 0.3) is 0 Å². The molecule has 0 radical (unpaired) electrons. The minimum absolute atomic E-state index is 0.106. The Labute approximate surface area is 193 Å². The fraction of sp³-hybridized carbons (Fsp3) is 0.440. The Hall–Kier alpha value is -2.52. The van der Waals surface area contributed by atoms with Gasteiger partial charge in [-0.3, -0.25) is 0 Å². The van der Waals surface area contributed by atoms with Crippen LogP contribution in [-0.4, -0.2) is 38.8 Å². The molecule has 1 N–H and O–H groups in total. The van der Waals surface area contributed by atoms with Crippen LogP contribution in [0.1, 0.15) is 24.0 Å². The van der Waals surface area contributed by atoms with Gasteiger partial charge in [0, 0.05) is 0 Å². The smallest absolute Gasteiger partial charge is 0.184 e. The number of benzene rings is 2. The summed E-state index contributed by atoms with van der Waals surface area (Å²) in [5.74, 6) is 0. The quantitative estimate of drug-likeness (QED) is 0.462. The molecule has 32 heavy (non-hydrogen) atoms. The average Bonchev–Trinajstić information content (AvgIpc) is 2.75. The van der Waals surface area contributed by atoms with Crippen molar-refractivity contribution in [1.29, 1.82) is 10.5 Å². The number of nitrogens with zero attached hydrogens (tertiary/aromatic N) is 2. The molecule has 0 aliphatic rings. The Morgan fingerprint density at radius 1 is 0.781 bits per heavy atom. The van der Waals surface area contributed by atoms with E-state index in [4.69, 9.17) is 24.4 Å².